The predicted octanol–water partition coefficient (Wildman–Crippen LogP) is 1.80. The van der Waals surface area contributed by atoms with Gasteiger partial charge in [-0.15, -0.1) is 0 Å². The minimum atomic E-state index is -0.515. The molecule has 0 spiro atoms. The summed E-state index contributed by atoms with van der Waals surface area (Å²) >= 11 is 3.02. The summed E-state index contributed by atoms with van der Waals surface area (Å²) in [4.78, 5) is 3.89. The van der Waals surface area contributed by atoms with Gasteiger partial charge >= 0.3 is 0 Å². The number of rotatable bonds is 2. The van der Waals surface area contributed by atoms with Crippen LogP contribution in [0, 0.1) is 5.82 Å². The molecule has 0 aliphatic heterocycles. The van der Waals surface area contributed by atoms with E-state index in [0.717, 1.165) is 12.1 Å². The van der Waals surface area contributed by atoms with Crippen LogP contribution in [-0.4, -0.2) is 15.2 Å². The van der Waals surface area contributed by atoms with E-state index in [1.165, 1.54) is 0 Å². The molecule has 1 aromatic carbocycles. The maximum atomic E-state index is 13.1. The molecule has 0 atom stereocenters. The highest BCUT2D eigenvalue weighted by molar-refractivity contribution is 9.10. The van der Waals surface area contributed by atoms with E-state index in [1.807, 2.05) is 0 Å². The van der Waals surface area contributed by atoms with Crippen LogP contribution in [0.25, 0.3) is 11.4 Å². The molecule has 1 aromatic heterocycles. The number of halogens is 2. The highest BCUT2D eigenvalue weighted by atomic mass is 79.9. The van der Waals surface area contributed by atoms with E-state index < -0.39 is 5.82 Å². The highest BCUT2D eigenvalue weighted by Gasteiger charge is 2.15. The van der Waals surface area contributed by atoms with Crippen molar-refractivity contribution < 1.29 is 14.0 Å². The topological polar surface area (TPSA) is 85.2 Å². The van der Waals surface area contributed by atoms with Crippen molar-refractivity contribution in [2.75, 3.05) is 0 Å². The Hall–Kier alpha value is -1.47. The molecule has 0 aliphatic carbocycles. The molecule has 84 valence electrons. The second-order valence-corrected chi connectivity index (χ2v) is 3.85. The summed E-state index contributed by atoms with van der Waals surface area (Å²) in [6, 6.07) is 2.26. The summed E-state index contributed by atoms with van der Waals surface area (Å²) in [6.07, 6.45) is 0. The first-order chi connectivity index (χ1) is 7.61. The van der Waals surface area contributed by atoms with Crippen LogP contribution in [0.1, 0.15) is 5.89 Å². The maximum absolute atomic E-state index is 13.1. The van der Waals surface area contributed by atoms with Gasteiger partial charge in [0, 0.05) is 0 Å². The van der Waals surface area contributed by atoms with Gasteiger partial charge in [-0.2, -0.15) is 4.98 Å². The molecule has 0 aliphatic rings. The van der Waals surface area contributed by atoms with Gasteiger partial charge in [-0.05, 0) is 28.1 Å². The molecule has 0 fully saturated rings. The van der Waals surface area contributed by atoms with Crippen LogP contribution < -0.4 is 5.73 Å². The third-order valence-electron chi connectivity index (χ3n) is 1.91. The van der Waals surface area contributed by atoms with Crippen molar-refractivity contribution >= 4 is 15.9 Å². The second-order valence-electron chi connectivity index (χ2n) is 3.00. The summed E-state index contributed by atoms with van der Waals surface area (Å²) in [7, 11) is 0. The van der Waals surface area contributed by atoms with E-state index in [1.54, 1.807) is 0 Å². The Morgan fingerprint density at radius 2 is 2.25 bits per heavy atom. The average molecular weight is 288 g/mol. The van der Waals surface area contributed by atoms with Crippen molar-refractivity contribution in [1.82, 2.24) is 10.1 Å². The quantitative estimate of drug-likeness (QED) is 0.880. The number of hydrogen-bond donors (Lipinski definition) is 2. The van der Waals surface area contributed by atoms with Gasteiger partial charge in [-0.3, -0.25) is 0 Å². The van der Waals surface area contributed by atoms with Crippen molar-refractivity contribution in [2.45, 2.75) is 6.54 Å². The zero-order chi connectivity index (χ0) is 11.7. The fourth-order valence-electron chi connectivity index (χ4n) is 1.18. The molecular weight excluding hydrogens is 281 g/mol. The van der Waals surface area contributed by atoms with Gasteiger partial charge in [0.2, 0.25) is 11.7 Å². The Morgan fingerprint density at radius 1 is 1.50 bits per heavy atom. The number of hydrogen-bond acceptors (Lipinski definition) is 5. The SMILES string of the molecule is NCc1nc(-c2cc(F)cc(Br)c2O)no1. The van der Waals surface area contributed by atoms with Gasteiger partial charge in [0.1, 0.15) is 11.6 Å². The third kappa shape index (κ3) is 1.91. The van der Waals surface area contributed by atoms with Crippen molar-refractivity contribution in [3.05, 3.63) is 28.3 Å². The maximum Gasteiger partial charge on any atom is 0.240 e. The fraction of sp³-hybridized carbons (Fsp3) is 0.111. The molecule has 0 saturated heterocycles. The number of nitrogens with two attached hydrogens (primary N) is 1. The average Bonchev–Trinajstić information content (AvgIpc) is 2.71. The Labute approximate surface area is 98.2 Å². The summed E-state index contributed by atoms with van der Waals surface area (Å²) in [5, 5.41) is 13.3. The van der Waals surface area contributed by atoms with E-state index in [9.17, 15) is 9.50 Å². The van der Waals surface area contributed by atoms with Crippen molar-refractivity contribution in [3.8, 4) is 17.1 Å². The molecule has 0 radical (unpaired) electrons. The number of aromatic hydroxyl groups is 1. The van der Waals surface area contributed by atoms with Crippen LogP contribution in [0.4, 0.5) is 4.39 Å². The summed E-state index contributed by atoms with van der Waals surface area (Å²) in [6.45, 7) is 0.0875. The van der Waals surface area contributed by atoms with Gasteiger partial charge in [-0.1, -0.05) is 5.16 Å². The molecule has 0 bridgehead atoms. The first-order valence-electron chi connectivity index (χ1n) is 4.33. The van der Waals surface area contributed by atoms with E-state index >= 15 is 0 Å². The van der Waals surface area contributed by atoms with Gasteiger partial charge in [-0.25, -0.2) is 4.39 Å². The molecule has 3 N–H and O–H groups in total. The normalized spacial score (nSPS) is 10.7. The first-order valence-corrected chi connectivity index (χ1v) is 5.12. The van der Waals surface area contributed by atoms with E-state index in [-0.39, 0.29) is 34.0 Å². The smallest absolute Gasteiger partial charge is 0.240 e. The Kier molecular flexibility index (Phi) is 2.88. The van der Waals surface area contributed by atoms with Gasteiger partial charge in [0.15, 0.2) is 0 Å². The Balaban J connectivity index is 2.54. The number of nitrogens with zero attached hydrogens (tertiary/aromatic N) is 2. The Bertz CT molecular complexity index is 529. The number of benzene rings is 1. The monoisotopic (exact) mass is 287 g/mol. The molecule has 1 heterocycles. The highest BCUT2D eigenvalue weighted by Crippen LogP contribution is 2.34. The molecule has 2 rings (SSSR count). The van der Waals surface area contributed by atoms with Gasteiger partial charge < -0.3 is 15.4 Å². The van der Waals surface area contributed by atoms with Crippen LogP contribution >= 0.6 is 15.9 Å². The molecule has 0 amide bonds. The largest absolute Gasteiger partial charge is 0.506 e. The van der Waals surface area contributed by atoms with Crippen LogP contribution in [0.3, 0.4) is 0 Å². The fourth-order valence-corrected chi connectivity index (χ4v) is 1.62. The standard InChI is InChI=1S/C9H7BrFN3O2/c10-6-2-4(11)1-5(8(6)15)9-13-7(3-12)16-14-9/h1-2,15H,3,12H2. The second kappa shape index (κ2) is 4.18. The zero-order valence-electron chi connectivity index (χ0n) is 7.94. The minimum Gasteiger partial charge on any atom is -0.506 e. The summed E-state index contributed by atoms with van der Waals surface area (Å²) in [5.74, 6) is -0.350. The summed E-state index contributed by atoms with van der Waals surface area (Å²) < 4.78 is 18.1. The summed E-state index contributed by atoms with van der Waals surface area (Å²) in [5.41, 5.74) is 5.45. The van der Waals surface area contributed by atoms with Crippen LogP contribution in [0.15, 0.2) is 21.1 Å². The molecule has 5 nitrogen and oxygen atoms in total. The first kappa shape index (κ1) is 11.0. The van der Waals surface area contributed by atoms with Crippen LogP contribution in [0.5, 0.6) is 5.75 Å². The van der Waals surface area contributed by atoms with Gasteiger partial charge in [0.25, 0.3) is 0 Å². The lowest BCUT2D eigenvalue weighted by atomic mass is 10.2. The zero-order valence-corrected chi connectivity index (χ0v) is 9.53. The van der Waals surface area contributed by atoms with E-state index in [2.05, 4.69) is 26.1 Å². The third-order valence-corrected chi connectivity index (χ3v) is 2.52. The molecule has 7 heteroatoms. The van der Waals surface area contributed by atoms with Crippen molar-refractivity contribution in [3.63, 3.8) is 0 Å². The molecule has 0 saturated carbocycles. The number of phenols is 1. The molecular formula is C9H7BrFN3O2. The minimum absolute atomic E-state index is 0.0875. The molecule has 0 unspecified atom stereocenters. The lowest BCUT2D eigenvalue weighted by Crippen LogP contribution is -1.95. The Morgan fingerprint density at radius 3 is 2.88 bits per heavy atom. The lowest BCUT2D eigenvalue weighted by molar-refractivity contribution is 0.380. The van der Waals surface area contributed by atoms with Crippen molar-refractivity contribution in [1.29, 1.82) is 0 Å². The molecule has 16 heavy (non-hydrogen) atoms. The van der Waals surface area contributed by atoms with E-state index in [0.29, 0.717) is 0 Å². The number of aromatic nitrogens is 2. The van der Waals surface area contributed by atoms with E-state index in [4.69, 9.17) is 10.3 Å². The predicted molar refractivity (Wildman–Crippen MR) is 56.9 cm³/mol. The number of phenolic OH excluding ortho intramolecular Hbond substituents is 1. The lowest BCUT2D eigenvalue weighted by Gasteiger charge is -2.02. The molecule has 2 aromatic rings. The van der Waals surface area contributed by atoms with Gasteiger partial charge in [0.05, 0.1) is 16.6 Å². The van der Waals surface area contributed by atoms with Crippen molar-refractivity contribution in [2.24, 2.45) is 5.73 Å². The van der Waals surface area contributed by atoms with Crippen LogP contribution in [0.2, 0.25) is 0 Å². The van der Waals surface area contributed by atoms with Crippen LogP contribution in [-0.2, 0) is 6.54 Å².